The zero-order valence-electron chi connectivity index (χ0n) is 9.72. The molecule has 0 aliphatic heterocycles. The van der Waals surface area contributed by atoms with Crippen LogP contribution >= 0.6 is 11.6 Å². The molecule has 0 amide bonds. The average Bonchev–Trinajstić information content (AvgIpc) is 2.17. The fraction of sp³-hybridized carbons (Fsp3) is 0.500. The summed E-state index contributed by atoms with van der Waals surface area (Å²) < 4.78 is 13.4. The van der Waals surface area contributed by atoms with Gasteiger partial charge in [-0.25, -0.2) is 4.39 Å². The van der Waals surface area contributed by atoms with Crippen LogP contribution in [0.2, 0.25) is 5.02 Å². The van der Waals surface area contributed by atoms with Crippen molar-refractivity contribution in [2.45, 2.75) is 32.4 Å². The minimum atomic E-state index is -0.891. The molecule has 4 heteroatoms. The lowest BCUT2D eigenvalue weighted by atomic mass is 10.1. The van der Waals surface area contributed by atoms with E-state index in [-0.39, 0.29) is 11.1 Å². The van der Waals surface area contributed by atoms with Crippen molar-refractivity contribution in [3.63, 3.8) is 0 Å². The third-order valence-electron chi connectivity index (χ3n) is 2.14. The highest BCUT2D eigenvalue weighted by Crippen LogP contribution is 2.21. The second kappa shape index (κ2) is 5.13. The van der Waals surface area contributed by atoms with Gasteiger partial charge in [-0.05, 0) is 39.0 Å². The van der Waals surface area contributed by atoms with Crippen LogP contribution in [0.1, 0.15) is 32.4 Å². The van der Waals surface area contributed by atoms with Gasteiger partial charge in [-0.3, -0.25) is 0 Å². The molecule has 0 fully saturated rings. The summed E-state index contributed by atoms with van der Waals surface area (Å²) in [6.07, 6.45) is -0.891. The summed E-state index contributed by atoms with van der Waals surface area (Å²) >= 11 is 5.75. The second-order valence-corrected chi connectivity index (χ2v) is 5.25. The number of β-amino-alcohol motifs (C(OH)–C–C–N with tert-alkyl or cyclic N) is 1. The zero-order chi connectivity index (χ0) is 12.3. The molecular weight excluding hydrogens is 229 g/mol. The molecule has 1 unspecified atom stereocenters. The van der Waals surface area contributed by atoms with Crippen molar-refractivity contribution in [1.29, 1.82) is 0 Å². The molecule has 90 valence electrons. The molecule has 0 aromatic heterocycles. The molecule has 16 heavy (non-hydrogen) atoms. The Morgan fingerprint density at radius 2 is 2.06 bits per heavy atom. The Hall–Kier alpha value is -0.640. The summed E-state index contributed by atoms with van der Waals surface area (Å²) in [5.74, 6) is -0.437. The summed E-state index contributed by atoms with van der Waals surface area (Å²) in [5.41, 5.74) is 0.111. The lowest BCUT2D eigenvalue weighted by molar-refractivity contribution is 0.159. The smallest absolute Gasteiger partial charge is 0.129 e. The molecule has 0 aliphatic rings. The maximum Gasteiger partial charge on any atom is 0.129 e. The average molecular weight is 246 g/mol. The molecule has 0 spiro atoms. The fourth-order valence-electron chi connectivity index (χ4n) is 1.28. The summed E-state index contributed by atoms with van der Waals surface area (Å²) in [6, 6.07) is 4.17. The molecule has 2 nitrogen and oxygen atoms in total. The molecule has 0 heterocycles. The molecule has 0 saturated heterocycles. The van der Waals surface area contributed by atoms with Crippen LogP contribution in [0.4, 0.5) is 4.39 Å². The first-order chi connectivity index (χ1) is 7.29. The van der Waals surface area contributed by atoms with E-state index in [9.17, 15) is 9.50 Å². The second-order valence-electron chi connectivity index (χ2n) is 4.81. The van der Waals surface area contributed by atoms with E-state index >= 15 is 0 Å². The van der Waals surface area contributed by atoms with E-state index in [1.807, 2.05) is 20.8 Å². The summed E-state index contributed by atoms with van der Waals surface area (Å²) in [7, 11) is 0. The van der Waals surface area contributed by atoms with Gasteiger partial charge in [0.2, 0.25) is 0 Å². The molecule has 0 bridgehead atoms. The summed E-state index contributed by atoms with van der Waals surface area (Å²) in [6.45, 7) is 6.23. The number of nitrogens with one attached hydrogen (secondary N) is 1. The van der Waals surface area contributed by atoms with Crippen molar-refractivity contribution in [2.24, 2.45) is 0 Å². The third-order valence-corrected chi connectivity index (χ3v) is 2.38. The van der Waals surface area contributed by atoms with Gasteiger partial charge in [0, 0.05) is 22.7 Å². The molecule has 1 atom stereocenters. The Kier molecular flexibility index (Phi) is 4.30. The first-order valence-corrected chi connectivity index (χ1v) is 5.55. The Balaban J connectivity index is 2.73. The Morgan fingerprint density at radius 1 is 1.44 bits per heavy atom. The molecule has 0 saturated carbocycles. The van der Waals surface area contributed by atoms with Gasteiger partial charge < -0.3 is 10.4 Å². The van der Waals surface area contributed by atoms with Crippen molar-refractivity contribution >= 4 is 11.6 Å². The number of aliphatic hydroxyl groups is 1. The van der Waals surface area contributed by atoms with Gasteiger partial charge in [0.1, 0.15) is 5.82 Å². The van der Waals surface area contributed by atoms with Crippen molar-refractivity contribution in [1.82, 2.24) is 5.32 Å². The lowest BCUT2D eigenvalue weighted by Gasteiger charge is -2.23. The fourth-order valence-corrected chi connectivity index (χ4v) is 1.46. The van der Waals surface area contributed by atoms with Gasteiger partial charge in [-0.2, -0.15) is 0 Å². The highest BCUT2D eigenvalue weighted by atomic mass is 35.5. The maximum atomic E-state index is 13.4. The highest BCUT2D eigenvalue weighted by molar-refractivity contribution is 6.30. The summed E-state index contributed by atoms with van der Waals surface area (Å²) in [5, 5.41) is 13.4. The molecule has 0 aliphatic carbocycles. The normalized spacial score (nSPS) is 13.9. The van der Waals surface area contributed by atoms with E-state index in [2.05, 4.69) is 5.32 Å². The van der Waals surface area contributed by atoms with Gasteiger partial charge in [-0.1, -0.05) is 11.6 Å². The molecule has 2 N–H and O–H groups in total. The van der Waals surface area contributed by atoms with E-state index in [1.54, 1.807) is 0 Å². The first-order valence-electron chi connectivity index (χ1n) is 5.17. The van der Waals surface area contributed by atoms with Crippen LogP contribution < -0.4 is 5.32 Å². The zero-order valence-corrected chi connectivity index (χ0v) is 10.5. The van der Waals surface area contributed by atoms with Gasteiger partial charge in [0.05, 0.1) is 6.10 Å². The van der Waals surface area contributed by atoms with E-state index in [0.29, 0.717) is 11.6 Å². The Bertz CT molecular complexity index is 363. The molecular formula is C12H17ClFNO. The van der Waals surface area contributed by atoms with Crippen molar-refractivity contribution in [3.8, 4) is 0 Å². The standard InChI is InChI=1S/C12H17ClFNO/c1-12(2,3)15-7-11(16)9-6-8(13)4-5-10(9)14/h4-6,11,15-16H,7H2,1-3H3. The highest BCUT2D eigenvalue weighted by Gasteiger charge is 2.16. The third kappa shape index (κ3) is 4.08. The Morgan fingerprint density at radius 3 is 2.62 bits per heavy atom. The number of hydrogen-bond acceptors (Lipinski definition) is 2. The van der Waals surface area contributed by atoms with Crippen molar-refractivity contribution in [2.75, 3.05) is 6.54 Å². The van der Waals surface area contributed by atoms with Crippen molar-refractivity contribution in [3.05, 3.63) is 34.6 Å². The summed E-state index contributed by atoms with van der Waals surface area (Å²) in [4.78, 5) is 0. The molecule has 1 aromatic rings. The number of halogens is 2. The number of rotatable bonds is 3. The van der Waals surface area contributed by atoms with Crippen LogP contribution in [-0.4, -0.2) is 17.2 Å². The monoisotopic (exact) mass is 245 g/mol. The van der Waals surface area contributed by atoms with Crippen LogP contribution in [0.3, 0.4) is 0 Å². The van der Waals surface area contributed by atoms with Gasteiger partial charge >= 0.3 is 0 Å². The largest absolute Gasteiger partial charge is 0.387 e. The SMILES string of the molecule is CC(C)(C)NCC(O)c1cc(Cl)ccc1F. The number of benzene rings is 1. The molecule has 1 rings (SSSR count). The first kappa shape index (κ1) is 13.4. The number of aliphatic hydroxyl groups excluding tert-OH is 1. The quantitative estimate of drug-likeness (QED) is 0.858. The van der Waals surface area contributed by atoms with E-state index in [1.165, 1.54) is 18.2 Å². The van der Waals surface area contributed by atoms with Gasteiger partial charge in [0.15, 0.2) is 0 Å². The van der Waals surface area contributed by atoms with E-state index < -0.39 is 11.9 Å². The van der Waals surface area contributed by atoms with Crippen LogP contribution in [0.25, 0.3) is 0 Å². The van der Waals surface area contributed by atoms with E-state index in [4.69, 9.17) is 11.6 Å². The topological polar surface area (TPSA) is 32.3 Å². The Labute approximate surface area is 100 Å². The van der Waals surface area contributed by atoms with Gasteiger partial charge in [0.25, 0.3) is 0 Å². The predicted molar refractivity (Wildman–Crippen MR) is 64.1 cm³/mol. The van der Waals surface area contributed by atoms with Crippen LogP contribution in [-0.2, 0) is 0 Å². The predicted octanol–water partition coefficient (Wildman–Crippen LogP) is 2.90. The van der Waals surface area contributed by atoms with Crippen LogP contribution in [0.15, 0.2) is 18.2 Å². The van der Waals surface area contributed by atoms with Crippen LogP contribution in [0, 0.1) is 5.82 Å². The molecule has 1 aromatic carbocycles. The minimum Gasteiger partial charge on any atom is -0.387 e. The lowest BCUT2D eigenvalue weighted by Crippen LogP contribution is -2.38. The number of hydrogen-bond donors (Lipinski definition) is 2. The van der Waals surface area contributed by atoms with Crippen molar-refractivity contribution < 1.29 is 9.50 Å². The molecule has 0 radical (unpaired) electrons. The van der Waals surface area contributed by atoms with E-state index in [0.717, 1.165) is 0 Å². The maximum absolute atomic E-state index is 13.4. The van der Waals surface area contributed by atoms with Crippen LogP contribution in [0.5, 0.6) is 0 Å². The van der Waals surface area contributed by atoms with Gasteiger partial charge in [-0.15, -0.1) is 0 Å². The minimum absolute atomic E-state index is 0.115.